The molecule has 112 valence electrons. The van der Waals surface area contributed by atoms with Gasteiger partial charge in [0.05, 0.1) is 24.3 Å². The Morgan fingerprint density at radius 2 is 2.29 bits per heavy atom. The van der Waals surface area contributed by atoms with Crippen LogP contribution in [-0.4, -0.2) is 33.6 Å². The first-order valence-electron chi connectivity index (χ1n) is 6.54. The number of methoxy groups -OCH3 is 1. The number of ether oxygens (including phenoxy) is 1. The second-order valence-electron chi connectivity index (χ2n) is 4.56. The maximum Gasteiger partial charge on any atom is 0.311 e. The number of hydrogen-bond acceptors (Lipinski definition) is 6. The second-order valence-corrected chi connectivity index (χ2v) is 4.56. The van der Waals surface area contributed by atoms with E-state index in [-0.39, 0.29) is 11.4 Å². The number of aromatic nitrogens is 3. The molecule has 2 N–H and O–H groups in total. The molecule has 0 radical (unpaired) electrons. The molecule has 8 nitrogen and oxygen atoms in total. The van der Waals surface area contributed by atoms with Crippen molar-refractivity contribution in [2.24, 2.45) is 5.73 Å². The third kappa shape index (κ3) is 3.76. The number of nitrogens with two attached hydrogens (primary N) is 1. The van der Waals surface area contributed by atoms with E-state index in [0.717, 1.165) is 24.1 Å². The predicted molar refractivity (Wildman–Crippen MR) is 76.1 cm³/mol. The van der Waals surface area contributed by atoms with Gasteiger partial charge >= 0.3 is 5.69 Å². The Morgan fingerprint density at radius 1 is 1.48 bits per heavy atom. The molecule has 0 fully saturated rings. The molecule has 0 amide bonds. The normalized spacial score (nSPS) is 10.6. The number of nitrogens with zero attached hydrogens (tertiary/aromatic N) is 4. The highest BCUT2D eigenvalue weighted by atomic mass is 16.6. The van der Waals surface area contributed by atoms with Crippen molar-refractivity contribution >= 4 is 5.69 Å². The zero-order valence-corrected chi connectivity index (χ0v) is 11.7. The third-order valence-corrected chi connectivity index (χ3v) is 3.01. The summed E-state index contributed by atoms with van der Waals surface area (Å²) in [4.78, 5) is 10.5. The van der Waals surface area contributed by atoms with Crippen LogP contribution in [-0.2, 0) is 13.0 Å². The van der Waals surface area contributed by atoms with Crippen LogP contribution in [0.25, 0.3) is 0 Å². The first-order valence-corrected chi connectivity index (χ1v) is 6.54. The Labute approximate surface area is 121 Å². The summed E-state index contributed by atoms with van der Waals surface area (Å²) in [6.45, 7) is 1.03. The van der Waals surface area contributed by atoms with Crippen molar-refractivity contribution in [2.45, 2.75) is 19.4 Å². The minimum absolute atomic E-state index is 0.0570. The molecule has 0 aliphatic heterocycles. The van der Waals surface area contributed by atoms with E-state index in [4.69, 9.17) is 10.5 Å². The van der Waals surface area contributed by atoms with E-state index >= 15 is 0 Å². The number of aryl methyl sites for hydroxylation is 1. The van der Waals surface area contributed by atoms with Crippen LogP contribution in [0.5, 0.6) is 5.75 Å². The van der Waals surface area contributed by atoms with E-state index in [1.54, 1.807) is 16.8 Å². The van der Waals surface area contributed by atoms with Gasteiger partial charge in [-0.05, 0) is 31.0 Å². The molecule has 0 saturated carbocycles. The van der Waals surface area contributed by atoms with Crippen molar-refractivity contribution in [3.63, 3.8) is 0 Å². The standard InChI is InChI=1S/C13H17N5O3/c1-21-13-5-4-10(7-12(13)18(19)20)8-17-9-11(15-16-17)3-2-6-14/h4-5,7,9H,2-3,6,8,14H2,1H3. The van der Waals surface area contributed by atoms with Gasteiger partial charge in [-0.1, -0.05) is 11.3 Å². The monoisotopic (exact) mass is 291 g/mol. The van der Waals surface area contributed by atoms with Gasteiger partial charge in [0.15, 0.2) is 5.75 Å². The minimum atomic E-state index is -0.462. The molecular weight excluding hydrogens is 274 g/mol. The zero-order valence-electron chi connectivity index (χ0n) is 11.7. The van der Waals surface area contributed by atoms with E-state index in [1.807, 2.05) is 6.20 Å². The number of hydrogen-bond donors (Lipinski definition) is 1. The smallest absolute Gasteiger partial charge is 0.311 e. The van der Waals surface area contributed by atoms with E-state index in [2.05, 4.69) is 10.3 Å². The fourth-order valence-corrected chi connectivity index (χ4v) is 1.98. The molecule has 0 spiro atoms. The first-order chi connectivity index (χ1) is 10.1. The van der Waals surface area contributed by atoms with Crippen molar-refractivity contribution in [3.05, 3.63) is 45.8 Å². The lowest BCUT2D eigenvalue weighted by molar-refractivity contribution is -0.385. The van der Waals surface area contributed by atoms with Crippen LogP contribution in [0.1, 0.15) is 17.7 Å². The van der Waals surface area contributed by atoms with Gasteiger partial charge in [-0.2, -0.15) is 0 Å². The van der Waals surface area contributed by atoms with E-state index in [0.29, 0.717) is 13.1 Å². The van der Waals surface area contributed by atoms with Crippen molar-refractivity contribution in [1.82, 2.24) is 15.0 Å². The average Bonchev–Trinajstić information content (AvgIpc) is 2.92. The molecule has 0 aliphatic carbocycles. The summed E-state index contributed by atoms with van der Waals surface area (Å²) in [5.41, 5.74) is 7.02. The highest BCUT2D eigenvalue weighted by Crippen LogP contribution is 2.27. The molecule has 1 aromatic heterocycles. The van der Waals surface area contributed by atoms with Crippen LogP contribution in [0.2, 0.25) is 0 Å². The Kier molecular flexibility index (Phi) is 4.83. The third-order valence-electron chi connectivity index (χ3n) is 3.01. The summed E-state index contributed by atoms with van der Waals surface area (Å²) < 4.78 is 6.62. The molecule has 0 aliphatic rings. The van der Waals surface area contributed by atoms with Crippen molar-refractivity contribution < 1.29 is 9.66 Å². The van der Waals surface area contributed by atoms with Crippen molar-refractivity contribution in [3.8, 4) is 5.75 Å². The number of rotatable bonds is 7. The highest BCUT2D eigenvalue weighted by Gasteiger charge is 2.15. The van der Waals surface area contributed by atoms with Gasteiger partial charge < -0.3 is 10.5 Å². The Hall–Kier alpha value is -2.48. The summed E-state index contributed by atoms with van der Waals surface area (Å²) in [5, 5.41) is 19.0. The maximum atomic E-state index is 11.0. The van der Waals surface area contributed by atoms with Crippen LogP contribution in [0.15, 0.2) is 24.4 Å². The molecule has 0 bridgehead atoms. The summed E-state index contributed by atoms with van der Waals surface area (Å²) in [6.07, 6.45) is 3.46. The number of nitro groups is 1. The lowest BCUT2D eigenvalue weighted by Crippen LogP contribution is -2.02. The van der Waals surface area contributed by atoms with Gasteiger partial charge in [0, 0.05) is 12.3 Å². The maximum absolute atomic E-state index is 11.0. The average molecular weight is 291 g/mol. The Morgan fingerprint density at radius 3 is 2.95 bits per heavy atom. The molecule has 8 heteroatoms. The van der Waals surface area contributed by atoms with Crippen LogP contribution in [0.3, 0.4) is 0 Å². The molecule has 0 saturated heterocycles. The summed E-state index contributed by atoms with van der Waals surface area (Å²) in [5.74, 6) is 0.242. The highest BCUT2D eigenvalue weighted by molar-refractivity contribution is 5.48. The van der Waals surface area contributed by atoms with Gasteiger partial charge in [0.1, 0.15) is 0 Å². The van der Waals surface area contributed by atoms with E-state index in [1.165, 1.54) is 13.2 Å². The first kappa shape index (κ1) is 14.9. The van der Waals surface area contributed by atoms with Crippen LogP contribution in [0, 0.1) is 10.1 Å². The SMILES string of the molecule is COc1ccc(Cn2cc(CCCN)nn2)cc1[N+](=O)[O-]. The zero-order chi connectivity index (χ0) is 15.2. The summed E-state index contributed by atoms with van der Waals surface area (Å²) in [7, 11) is 1.41. The molecule has 0 unspecified atom stereocenters. The molecule has 2 rings (SSSR count). The summed E-state index contributed by atoms with van der Waals surface area (Å²) in [6, 6.07) is 4.84. The number of benzene rings is 1. The van der Waals surface area contributed by atoms with Crippen LogP contribution in [0.4, 0.5) is 5.69 Å². The van der Waals surface area contributed by atoms with Gasteiger partial charge in [-0.3, -0.25) is 10.1 Å². The van der Waals surface area contributed by atoms with Gasteiger partial charge in [0.25, 0.3) is 0 Å². The summed E-state index contributed by atoms with van der Waals surface area (Å²) >= 11 is 0. The lowest BCUT2D eigenvalue weighted by atomic mass is 10.2. The Balaban J connectivity index is 2.14. The Bertz CT molecular complexity index is 626. The predicted octanol–water partition coefficient (Wildman–Crippen LogP) is 1.13. The van der Waals surface area contributed by atoms with Gasteiger partial charge in [-0.25, -0.2) is 4.68 Å². The fraction of sp³-hybridized carbons (Fsp3) is 0.385. The fourth-order valence-electron chi connectivity index (χ4n) is 1.98. The molecule has 0 atom stereocenters. The van der Waals surface area contributed by atoms with Gasteiger partial charge in [0.2, 0.25) is 0 Å². The molecule has 1 aromatic carbocycles. The van der Waals surface area contributed by atoms with E-state index < -0.39 is 4.92 Å². The van der Waals surface area contributed by atoms with Crippen LogP contribution < -0.4 is 10.5 Å². The second kappa shape index (κ2) is 6.80. The molecule has 1 heterocycles. The minimum Gasteiger partial charge on any atom is -0.490 e. The lowest BCUT2D eigenvalue weighted by Gasteiger charge is -2.04. The largest absolute Gasteiger partial charge is 0.490 e. The molecule has 2 aromatic rings. The topological polar surface area (TPSA) is 109 Å². The quantitative estimate of drug-likeness (QED) is 0.605. The molecular formula is C13H17N5O3. The van der Waals surface area contributed by atoms with Crippen molar-refractivity contribution in [1.29, 1.82) is 0 Å². The van der Waals surface area contributed by atoms with E-state index in [9.17, 15) is 10.1 Å². The molecule has 21 heavy (non-hydrogen) atoms. The number of nitro benzene ring substituents is 1. The van der Waals surface area contributed by atoms with Gasteiger partial charge in [-0.15, -0.1) is 5.10 Å². The van der Waals surface area contributed by atoms with Crippen molar-refractivity contribution in [2.75, 3.05) is 13.7 Å². The van der Waals surface area contributed by atoms with Crippen LogP contribution >= 0.6 is 0 Å².